The summed E-state index contributed by atoms with van der Waals surface area (Å²) in [7, 11) is 0. The molecule has 1 heterocycles. The maximum atomic E-state index is 12.2. The summed E-state index contributed by atoms with van der Waals surface area (Å²) in [5.74, 6) is 0.599. The summed E-state index contributed by atoms with van der Waals surface area (Å²) in [6, 6.07) is 0. The van der Waals surface area contributed by atoms with Crippen molar-refractivity contribution in [2.45, 2.75) is 52.7 Å². The van der Waals surface area contributed by atoms with Crippen molar-refractivity contribution in [3.63, 3.8) is 0 Å². The van der Waals surface area contributed by atoms with E-state index in [1.165, 1.54) is 0 Å². The molecule has 0 aliphatic carbocycles. The Balaban J connectivity index is 2.85. The third-order valence-electron chi connectivity index (χ3n) is 2.67. The number of hydrogen-bond acceptors (Lipinski definition) is 4. The monoisotopic (exact) mass is 256 g/mol. The van der Waals surface area contributed by atoms with Crippen LogP contribution < -0.4 is 0 Å². The topological polar surface area (TPSA) is 51.1 Å². The number of nitrogens with zero attached hydrogens (tertiary/aromatic N) is 2. The van der Waals surface area contributed by atoms with Gasteiger partial charge in [-0.3, -0.25) is 9.89 Å². The number of amides is 1. The summed E-state index contributed by atoms with van der Waals surface area (Å²) in [5, 5.41) is 0. The van der Waals surface area contributed by atoms with Crippen LogP contribution in [0.15, 0.2) is 4.99 Å². The highest BCUT2D eigenvalue weighted by Gasteiger charge is 2.41. The van der Waals surface area contributed by atoms with E-state index in [0.29, 0.717) is 25.6 Å². The molecular formula is C13H24N2O3. The van der Waals surface area contributed by atoms with Crippen LogP contribution in [0, 0.1) is 0 Å². The summed E-state index contributed by atoms with van der Waals surface area (Å²) in [4.78, 5) is 18.2. The van der Waals surface area contributed by atoms with Crippen molar-refractivity contribution in [2.24, 2.45) is 4.99 Å². The molecule has 104 valence electrons. The van der Waals surface area contributed by atoms with Gasteiger partial charge in [-0.2, -0.15) is 0 Å². The van der Waals surface area contributed by atoms with Gasteiger partial charge >= 0.3 is 6.09 Å². The molecule has 0 spiro atoms. The molecular weight excluding hydrogens is 232 g/mol. The van der Waals surface area contributed by atoms with E-state index < -0.39 is 11.1 Å². The van der Waals surface area contributed by atoms with Crippen LogP contribution in [0.25, 0.3) is 0 Å². The predicted octanol–water partition coefficient (Wildman–Crippen LogP) is 2.45. The zero-order valence-corrected chi connectivity index (χ0v) is 12.2. The lowest BCUT2D eigenvalue weighted by atomic mass is 10.0. The van der Waals surface area contributed by atoms with Crippen LogP contribution in [-0.2, 0) is 9.47 Å². The number of carbonyl (C=O) groups is 1. The van der Waals surface area contributed by atoms with Crippen LogP contribution in [0.4, 0.5) is 4.79 Å². The van der Waals surface area contributed by atoms with Gasteiger partial charge in [0.2, 0.25) is 5.90 Å². The highest BCUT2D eigenvalue weighted by Crippen LogP contribution is 2.24. The molecule has 0 saturated heterocycles. The fourth-order valence-electron chi connectivity index (χ4n) is 1.84. The Morgan fingerprint density at radius 1 is 1.44 bits per heavy atom. The molecule has 0 aromatic rings. The van der Waals surface area contributed by atoms with E-state index in [-0.39, 0.29) is 6.09 Å². The number of hydrogen-bond donors (Lipinski definition) is 0. The third kappa shape index (κ3) is 3.37. The summed E-state index contributed by atoms with van der Waals surface area (Å²) in [6.45, 7) is 13.0. The lowest BCUT2D eigenvalue weighted by Gasteiger charge is -2.41. The van der Waals surface area contributed by atoms with Gasteiger partial charge in [-0.1, -0.05) is 0 Å². The Hall–Kier alpha value is -1.26. The van der Waals surface area contributed by atoms with E-state index in [1.54, 1.807) is 4.90 Å². The molecule has 0 radical (unpaired) electrons. The highest BCUT2D eigenvalue weighted by atomic mass is 16.6. The number of rotatable bonds is 1. The molecule has 0 N–H and O–H groups in total. The predicted molar refractivity (Wildman–Crippen MR) is 70.9 cm³/mol. The van der Waals surface area contributed by atoms with Gasteiger partial charge in [0.15, 0.2) is 0 Å². The van der Waals surface area contributed by atoms with Crippen molar-refractivity contribution in [3.8, 4) is 0 Å². The molecule has 0 aromatic heterocycles. The molecule has 0 aromatic carbocycles. The van der Waals surface area contributed by atoms with E-state index in [4.69, 9.17) is 9.47 Å². The second-order valence-corrected chi connectivity index (χ2v) is 5.81. The Morgan fingerprint density at radius 2 is 2.06 bits per heavy atom. The van der Waals surface area contributed by atoms with Crippen molar-refractivity contribution in [1.82, 2.24) is 4.90 Å². The molecule has 0 saturated carbocycles. The first-order chi connectivity index (χ1) is 8.18. The standard InChI is InChI=1S/C13H24N2O3/c1-7-17-10-13(5,6)15(9-8-14-10)11(16)18-12(2,3)4/h7-9H2,1-6H3. The van der Waals surface area contributed by atoms with E-state index in [9.17, 15) is 4.79 Å². The van der Waals surface area contributed by atoms with Gasteiger partial charge in [-0.25, -0.2) is 4.79 Å². The van der Waals surface area contributed by atoms with Crippen molar-refractivity contribution >= 4 is 12.0 Å². The molecule has 5 nitrogen and oxygen atoms in total. The lowest BCUT2D eigenvalue weighted by molar-refractivity contribution is 0.00861. The van der Waals surface area contributed by atoms with E-state index >= 15 is 0 Å². The lowest BCUT2D eigenvalue weighted by Crippen LogP contribution is -2.58. The van der Waals surface area contributed by atoms with Crippen LogP contribution >= 0.6 is 0 Å². The normalized spacial score (nSPS) is 19.2. The van der Waals surface area contributed by atoms with Gasteiger partial charge in [-0.05, 0) is 41.5 Å². The molecule has 0 fully saturated rings. The highest BCUT2D eigenvalue weighted by molar-refractivity contribution is 5.90. The molecule has 1 aliphatic heterocycles. The first-order valence-electron chi connectivity index (χ1n) is 6.37. The number of aliphatic imine (C=N–C) groups is 1. The van der Waals surface area contributed by atoms with E-state index in [1.807, 2.05) is 41.5 Å². The summed E-state index contributed by atoms with van der Waals surface area (Å²) in [5.41, 5.74) is -1.05. The molecule has 18 heavy (non-hydrogen) atoms. The zero-order chi connectivity index (χ0) is 14.0. The minimum absolute atomic E-state index is 0.320. The average Bonchev–Trinajstić information content (AvgIpc) is 2.18. The summed E-state index contributed by atoms with van der Waals surface area (Å²) < 4.78 is 10.9. The van der Waals surface area contributed by atoms with Gasteiger partial charge in [0.05, 0.1) is 13.2 Å². The van der Waals surface area contributed by atoms with Gasteiger partial charge in [-0.15, -0.1) is 0 Å². The van der Waals surface area contributed by atoms with Crippen molar-refractivity contribution in [1.29, 1.82) is 0 Å². The molecule has 1 aliphatic rings. The van der Waals surface area contributed by atoms with Crippen molar-refractivity contribution < 1.29 is 14.3 Å². The Bertz CT molecular complexity index is 343. The summed E-state index contributed by atoms with van der Waals surface area (Å²) in [6.07, 6.45) is -0.320. The van der Waals surface area contributed by atoms with Crippen molar-refractivity contribution in [3.05, 3.63) is 0 Å². The van der Waals surface area contributed by atoms with Gasteiger partial charge in [0, 0.05) is 6.54 Å². The van der Waals surface area contributed by atoms with Crippen LogP contribution in [-0.4, -0.2) is 47.7 Å². The minimum atomic E-state index is -0.559. The third-order valence-corrected chi connectivity index (χ3v) is 2.67. The largest absolute Gasteiger partial charge is 0.480 e. The number of ether oxygens (including phenoxy) is 2. The zero-order valence-electron chi connectivity index (χ0n) is 12.2. The van der Waals surface area contributed by atoms with Crippen LogP contribution in [0.5, 0.6) is 0 Å². The molecule has 0 bridgehead atoms. The quantitative estimate of drug-likeness (QED) is 0.724. The van der Waals surface area contributed by atoms with Crippen molar-refractivity contribution in [2.75, 3.05) is 19.7 Å². The summed E-state index contributed by atoms with van der Waals surface area (Å²) >= 11 is 0. The maximum Gasteiger partial charge on any atom is 0.411 e. The minimum Gasteiger partial charge on any atom is -0.480 e. The molecule has 0 unspecified atom stereocenters. The van der Waals surface area contributed by atoms with Crippen LogP contribution in [0.3, 0.4) is 0 Å². The van der Waals surface area contributed by atoms with Gasteiger partial charge in [0.25, 0.3) is 0 Å². The van der Waals surface area contributed by atoms with Crippen LogP contribution in [0.1, 0.15) is 41.5 Å². The second-order valence-electron chi connectivity index (χ2n) is 5.81. The average molecular weight is 256 g/mol. The first-order valence-corrected chi connectivity index (χ1v) is 6.37. The van der Waals surface area contributed by atoms with Crippen LogP contribution in [0.2, 0.25) is 0 Å². The molecule has 1 rings (SSSR count). The Morgan fingerprint density at radius 3 is 2.56 bits per heavy atom. The van der Waals surface area contributed by atoms with Gasteiger partial charge < -0.3 is 9.47 Å². The molecule has 0 atom stereocenters. The van der Waals surface area contributed by atoms with E-state index in [0.717, 1.165) is 0 Å². The Kier molecular flexibility index (Phi) is 4.24. The van der Waals surface area contributed by atoms with Gasteiger partial charge in [0.1, 0.15) is 11.1 Å². The maximum absolute atomic E-state index is 12.2. The SMILES string of the molecule is CCOC1=NCCN(C(=O)OC(C)(C)C)C1(C)C. The second kappa shape index (κ2) is 5.16. The molecule has 1 amide bonds. The van der Waals surface area contributed by atoms with E-state index in [2.05, 4.69) is 4.99 Å². The first kappa shape index (κ1) is 14.8. The fraction of sp³-hybridized carbons (Fsp3) is 0.846. The number of carbonyl (C=O) groups excluding carboxylic acids is 1. The molecule has 5 heteroatoms. The smallest absolute Gasteiger partial charge is 0.411 e. The Labute approximate surface area is 109 Å². The fourth-order valence-corrected chi connectivity index (χ4v) is 1.84.